The smallest absolute Gasteiger partial charge is 0.0953 e. The molecule has 2 aromatic rings. The van der Waals surface area contributed by atoms with Crippen molar-refractivity contribution in [2.75, 3.05) is 0 Å². The minimum Gasteiger partial charge on any atom is -0.331 e. The highest BCUT2D eigenvalue weighted by Crippen LogP contribution is 2.59. The minimum absolute atomic E-state index is 0.0408. The number of hydrogen-bond donors (Lipinski definition) is 1. The van der Waals surface area contributed by atoms with E-state index in [9.17, 15) is 0 Å². The molecule has 0 radical (unpaired) electrons. The van der Waals surface area contributed by atoms with Gasteiger partial charge < -0.3 is 14.6 Å². The zero-order valence-corrected chi connectivity index (χ0v) is 29.9. The Labute approximate surface area is 252 Å². The van der Waals surface area contributed by atoms with Gasteiger partial charge in [-0.15, -0.1) is 0 Å². The molecule has 1 aliphatic rings. The van der Waals surface area contributed by atoms with E-state index in [0.717, 1.165) is 13.0 Å². The van der Waals surface area contributed by atoms with E-state index in [0.29, 0.717) is 0 Å². The van der Waals surface area contributed by atoms with Crippen molar-refractivity contribution in [1.82, 2.24) is 24.5 Å². The van der Waals surface area contributed by atoms with Gasteiger partial charge in [0, 0.05) is 57.0 Å². The van der Waals surface area contributed by atoms with Gasteiger partial charge in [0.15, 0.2) is 0 Å². The molecule has 1 N–H and O–H groups in total. The van der Waals surface area contributed by atoms with Crippen molar-refractivity contribution in [2.45, 2.75) is 165 Å². The van der Waals surface area contributed by atoms with Crippen LogP contribution in [0.5, 0.6) is 0 Å². The van der Waals surface area contributed by atoms with E-state index in [2.05, 4.69) is 157 Å². The second-order valence-electron chi connectivity index (χ2n) is 18.7. The van der Waals surface area contributed by atoms with Gasteiger partial charge >= 0.3 is 0 Å². The molecule has 0 spiro atoms. The first-order valence-corrected chi connectivity index (χ1v) is 15.5. The third-order valence-electron chi connectivity index (χ3n) is 9.92. The van der Waals surface area contributed by atoms with E-state index in [1.54, 1.807) is 0 Å². The molecule has 0 aromatic carbocycles. The lowest BCUT2D eigenvalue weighted by Crippen LogP contribution is -2.68. The fraction of sp³-hybridized carbons (Fsp3) is 0.800. The second kappa shape index (κ2) is 9.71. The van der Waals surface area contributed by atoms with Gasteiger partial charge in [-0.05, 0) is 38.0 Å². The highest BCUT2D eigenvalue weighted by atomic mass is 15.4. The monoisotopic (exact) mass is 567 g/mol. The molecule has 1 aliphatic heterocycles. The van der Waals surface area contributed by atoms with Crippen molar-refractivity contribution >= 4 is 5.71 Å². The quantitative estimate of drug-likeness (QED) is 0.394. The minimum atomic E-state index is -0.357. The van der Waals surface area contributed by atoms with Gasteiger partial charge in [0.05, 0.1) is 23.9 Å². The van der Waals surface area contributed by atoms with Crippen molar-refractivity contribution in [2.24, 2.45) is 21.3 Å². The predicted molar refractivity (Wildman–Crippen MR) is 175 cm³/mol. The zero-order chi connectivity index (χ0) is 31.8. The molecule has 0 aliphatic carbocycles. The lowest BCUT2D eigenvalue weighted by Gasteiger charge is -2.58. The van der Waals surface area contributed by atoms with Gasteiger partial charge in [-0.2, -0.15) is 5.10 Å². The van der Waals surface area contributed by atoms with E-state index in [4.69, 9.17) is 10.1 Å². The van der Waals surface area contributed by atoms with E-state index in [1.807, 2.05) is 6.33 Å². The number of nitrogens with one attached hydrogen (secondary N) is 1. The summed E-state index contributed by atoms with van der Waals surface area (Å²) in [4.78, 5) is 9.64. The molecule has 6 heteroatoms. The molecule has 0 fully saturated rings. The molecule has 3 heterocycles. The molecule has 0 unspecified atom stereocenters. The molecule has 2 aromatic heterocycles. The van der Waals surface area contributed by atoms with Crippen LogP contribution in [-0.4, -0.2) is 30.4 Å². The van der Waals surface area contributed by atoms with Crippen LogP contribution in [0.4, 0.5) is 0 Å². The Morgan fingerprint density at radius 2 is 1.32 bits per heavy atom. The van der Waals surface area contributed by atoms with Gasteiger partial charge in [0.2, 0.25) is 0 Å². The van der Waals surface area contributed by atoms with Crippen LogP contribution in [0.15, 0.2) is 24.0 Å². The summed E-state index contributed by atoms with van der Waals surface area (Å²) in [5, 5.41) is 5.31. The summed E-state index contributed by atoms with van der Waals surface area (Å²) < 4.78 is 4.78. The summed E-state index contributed by atoms with van der Waals surface area (Å²) in [7, 11) is 0. The third-order valence-corrected chi connectivity index (χ3v) is 9.92. The number of imidazole rings is 2. The van der Waals surface area contributed by atoms with Crippen LogP contribution in [0.1, 0.15) is 148 Å². The van der Waals surface area contributed by atoms with Gasteiger partial charge in [-0.3, -0.25) is 0 Å². The summed E-state index contributed by atoms with van der Waals surface area (Å²) in [6.45, 7) is 42.7. The summed E-state index contributed by atoms with van der Waals surface area (Å²) in [6.07, 6.45) is 6.96. The average Bonchev–Trinajstić information content (AvgIpc) is 3.45. The Hall–Kier alpha value is -2.11. The van der Waals surface area contributed by atoms with Gasteiger partial charge in [-0.25, -0.2) is 9.97 Å². The number of rotatable bonds is 5. The largest absolute Gasteiger partial charge is 0.331 e. The standard InChI is InChI=1S/C35H62N6/c1-28(2,3)26-27(29(4,5)6)40(23-37-26)21-35(31(10,11)12)34(18,30(7,8)9)24(38-39-35)19-33(16,17)25-20-36-22-41(25)32(13,14)15/h20,22-23,39H,19,21H2,1-18H3/t34-,35+/m0/s1. The van der Waals surface area contributed by atoms with Crippen LogP contribution >= 0.6 is 0 Å². The Bertz CT molecular complexity index is 1270. The molecule has 3 rings (SSSR count). The van der Waals surface area contributed by atoms with Crippen molar-refractivity contribution in [3.05, 3.63) is 35.9 Å². The number of aromatic nitrogens is 4. The first-order chi connectivity index (χ1) is 18.1. The molecule has 6 nitrogen and oxygen atoms in total. The summed E-state index contributed by atoms with van der Waals surface area (Å²) in [6, 6.07) is 0. The lowest BCUT2D eigenvalue weighted by molar-refractivity contribution is -0.0232. The lowest BCUT2D eigenvalue weighted by atomic mass is 9.48. The highest BCUT2D eigenvalue weighted by Gasteiger charge is 2.66. The van der Waals surface area contributed by atoms with E-state index >= 15 is 0 Å². The molecule has 0 amide bonds. The topological polar surface area (TPSA) is 60.0 Å². The van der Waals surface area contributed by atoms with E-state index in [1.165, 1.54) is 22.8 Å². The SMILES string of the molecule is CC(C)(C)c1ncn(C[C@]2(C(C)(C)C)NN=C(CC(C)(C)c3cncn3C(C)(C)C)[C@@]2(C)C(C)(C)C)c1C(C)(C)C. The Balaban J connectivity index is 2.22. The molecule has 0 bridgehead atoms. The average molecular weight is 567 g/mol. The summed E-state index contributed by atoms with van der Waals surface area (Å²) in [5.74, 6) is 0. The number of hydrogen-bond acceptors (Lipinski definition) is 4. The van der Waals surface area contributed by atoms with Crippen LogP contribution in [0, 0.1) is 16.2 Å². The van der Waals surface area contributed by atoms with Crippen LogP contribution in [0.3, 0.4) is 0 Å². The normalized spacial score (nSPS) is 23.1. The second-order valence-corrected chi connectivity index (χ2v) is 18.7. The van der Waals surface area contributed by atoms with Crippen molar-refractivity contribution in [3.63, 3.8) is 0 Å². The van der Waals surface area contributed by atoms with Gasteiger partial charge in [-0.1, -0.05) is 104 Å². The molecular weight excluding hydrogens is 504 g/mol. The Morgan fingerprint density at radius 3 is 1.76 bits per heavy atom. The molecule has 232 valence electrons. The van der Waals surface area contributed by atoms with Crippen molar-refractivity contribution in [1.29, 1.82) is 0 Å². The van der Waals surface area contributed by atoms with Gasteiger partial charge in [0.25, 0.3) is 0 Å². The number of nitrogens with zero attached hydrogens (tertiary/aromatic N) is 5. The Kier molecular flexibility index (Phi) is 7.90. The third kappa shape index (κ3) is 5.54. The van der Waals surface area contributed by atoms with Crippen LogP contribution in [0.2, 0.25) is 0 Å². The van der Waals surface area contributed by atoms with Crippen LogP contribution in [0.25, 0.3) is 0 Å². The van der Waals surface area contributed by atoms with E-state index < -0.39 is 0 Å². The fourth-order valence-corrected chi connectivity index (χ4v) is 7.20. The predicted octanol–water partition coefficient (Wildman–Crippen LogP) is 8.59. The Morgan fingerprint density at radius 1 is 0.756 bits per heavy atom. The van der Waals surface area contributed by atoms with Crippen molar-refractivity contribution < 1.29 is 0 Å². The maximum Gasteiger partial charge on any atom is 0.0953 e. The fourth-order valence-electron chi connectivity index (χ4n) is 7.20. The molecule has 41 heavy (non-hydrogen) atoms. The van der Waals surface area contributed by atoms with E-state index in [-0.39, 0.29) is 43.6 Å². The summed E-state index contributed by atoms with van der Waals surface area (Å²) >= 11 is 0. The molecular formula is C35H62N6. The first kappa shape index (κ1) is 33.4. The van der Waals surface area contributed by atoms with Crippen LogP contribution < -0.4 is 5.43 Å². The molecule has 2 atom stereocenters. The maximum absolute atomic E-state index is 5.31. The summed E-state index contributed by atoms with van der Waals surface area (Å²) in [5.41, 5.74) is 7.75. The van der Waals surface area contributed by atoms with Gasteiger partial charge in [0.1, 0.15) is 0 Å². The van der Waals surface area contributed by atoms with Crippen molar-refractivity contribution in [3.8, 4) is 0 Å². The zero-order valence-electron chi connectivity index (χ0n) is 29.9. The van der Waals surface area contributed by atoms with Crippen LogP contribution in [-0.2, 0) is 28.3 Å². The number of hydrazone groups is 1. The maximum atomic E-state index is 5.31. The first-order valence-electron chi connectivity index (χ1n) is 15.5. The highest BCUT2D eigenvalue weighted by molar-refractivity contribution is 5.94. The molecule has 0 saturated carbocycles. The molecule has 0 saturated heterocycles.